The van der Waals surface area contributed by atoms with Crippen LogP contribution in [-0.2, 0) is 24.0 Å². The molecule has 2 aliphatic heterocycles. The number of ether oxygens (including phenoxy) is 1. The van der Waals surface area contributed by atoms with Crippen molar-refractivity contribution >= 4 is 23.8 Å². The molecule has 3 rings (SSSR count). The van der Waals surface area contributed by atoms with E-state index in [4.69, 9.17) is 9.57 Å². The summed E-state index contributed by atoms with van der Waals surface area (Å²) in [5, 5.41) is 6.36. The van der Waals surface area contributed by atoms with Crippen molar-refractivity contribution in [2.24, 2.45) is 17.8 Å². The van der Waals surface area contributed by atoms with Crippen LogP contribution in [0, 0.1) is 17.8 Å². The lowest BCUT2D eigenvalue weighted by Crippen LogP contribution is -2.60. The maximum atomic E-state index is 14.0. The third-order valence-electron chi connectivity index (χ3n) is 7.70. The van der Waals surface area contributed by atoms with Gasteiger partial charge in [0.05, 0.1) is 0 Å². The van der Waals surface area contributed by atoms with E-state index in [1.807, 2.05) is 56.3 Å². The molecule has 2 N–H and O–H groups in total. The van der Waals surface area contributed by atoms with Crippen LogP contribution in [0.5, 0.6) is 0 Å². The number of amides is 3. The molecule has 3 amide bonds. The van der Waals surface area contributed by atoms with Crippen LogP contribution in [0.3, 0.4) is 0 Å². The van der Waals surface area contributed by atoms with E-state index in [0.717, 1.165) is 44.3 Å². The second-order valence-electron chi connectivity index (χ2n) is 12.4. The highest BCUT2D eigenvalue weighted by atomic mass is 16.8. The zero-order valence-corrected chi connectivity index (χ0v) is 26.1. The second-order valence-corrected chi connectivity index (χ2v) is 12.4. The molecule has 1 aromatic rings. The standard InChI is InChI=1S/C33H52N4O5/c1-25(2)16-17-30(38)37(36(24-26(3)4)31(39)23-28-18-20-34-21-19-28)29(14-10-13-27-11-6-5-7-12-27)33(40)35-42-32-15-8-9-22-41-32/h5-7,10-13,25-26,28-29,32,34H,8-9,14-24H2,1-4H3,(H,35,40)/t29-,32+/m0/s1. The lowest BCUT2D eigenvalue weighted by Gasteiger charge is -2.41. The molecule has 9 nitrogen and oxygen atoms in total. The molecule has 2 atom stereocenters. The summed E-state index contributed by atoms with van der Waals surface area (Å²) in [4.78, 5) is 47.5. The molecule has 0 bridgehead atoms. The minimum atomic E-state index is -0.969. The van der Waals surface area contributed by atoms with Crippen molar-refractivity contribution in [1.29, 1.82) is 0 Å². The van der Waals surface area contributed by atoms with Crippen molar-refractivity contribution in [3.63, 3.8) is 0 Å². The molecule has 234 valence electrons. The fourth-order valence-electron chi connectivity index (χ4n) is 5.31. The Morgan fingerprint density at radius 2 is 1.76 bits per heavy atom. The molecular weight excluding hydrogens is 532 g/mol. The zero-order chi connectivity index (χ0) is 30.3. The summed E-state index contributed by atoms with van der Waals surface area (Å²) in [5.74, 6) is -0.170. The van der Waals surface area contributed by atoms with Crippen LogP contribution in [-0.4, -0.2) is 66.3 Å². The Balaban J connectivity index is 1.92. The fourth-order valence-corrected chi connectivity index (χ4v) is 5.31. The lowest BCUT2D eigenvalue weighted by atomic mass is 9.94. The van der Waals surface area contributed by atoms with Gasteiger partial charge >= 0.3 is 0 Å². The molecule has 9 heteroatoms. The van der Waals surface area contributed by atoms with E-state index in [-0.39, 0.29) is 36.5 Å². The number of hydrogen-bond acceptors (Lipinski definition) is 6. The monoisotopic (exact) mass is 584 g/mol. The van der Waals surface area contributed by atoms with Gasteiger partial charge in [0.2, 0.25) is 11.8 Å². The quantitative estimate of drug-likeness (QED) is 0.296. The fraction of sp³-hybridized carbons (Fsp3) is 0.667. The van der Waals surface area contributed by atoms with Gasteiger partial charge in [-0.1, -0.05) is 70.2 Å². The van der Waals surface area contributed by atoms with Gasteiger partial charge in [-0.15, -0.1) is 0 Å². The van der Waals surface area contributed by atoms with Crippen molar-refractivity contribution in [2.45, 2.75) is 97.8 Å². The Hall–Kier alpha value is -2.75. The number of carbonyl (C=O) groups excluding carboxylic acids is 3. The second kappa shape index (κ2) is 18.0. The van der Waals surface area contributed by atoms with Crippen molar-refractivity contribution in [2.75, 3.05) is 26.2 Å². The molecule has 0 spiro atoms. The third kappa shape index (κ3) is 11.5. The van der Waals surface area contributed by atoms with Gasteiger partial charge < -0.3 is 10.1 Å². The van der Waals surface area contributed by atoms with Crippen LogP contribution in [0.15, 0.2) is 36.4 Å². The average Bonchev–Trinajstić information content (AvgIpc) is 2.99. The van der Waals surface area contributed by atoms with E-state index >= 15 is 0 Å². The first-order valence-electron chi connectivity index (χ1n) is 15.9. The zero-order valence-electron chi connectivity index (χ0n) is 26.1. The van der Waals surface area contributed by atoms with E-state index < -0.39 is 18.2 Å². The van der Waals surface area contributed by atoms with E-state index in [0.29, 0.717) is 38.3 Å². The molecule has 2 heterocycles. The molecule has 1 aromatic carbocycles. The number of benzene rings is 1. The molecule has 2 aliphatic rings. The molecule has 0 aliphatic carbocycles. The maximum Gasteiger partial charge on any atom is 0.268 e. The Morgan fingerprint density at radius 3 is 2.40 bits per heavy atom. The van der Waals surface area contributed by atoms with Crippen LogP contribution < -0.4 is 10.8 Å². The smallest absolute Gasteiger partial charge is 0.268 e. The van der Waals surface area contributed by atoms with E-state index in [9.17, 15) is 14.4 Å². The van der Waals surface area contributed by atoms with Gasteiger partial charge in [0.1, 0.15) is 6.04 Å². The molecule has 0 unspecified atom stereocenters. The van der Waals surface area contributed by atoms with Gasteiger partial charge in [-0.3, -0.25) is 19.4 Å². The SMILES string of the molecule is CC(C)CCC(=O)N([C@@H](CC=Cc1ccccc1)C(=O)NO[C@@H]1CCCCO1)N(CC(C)C)C(=O)CC1CCNCC1. The van der Waals surface area contributed by atoms with Crippen LogP contribution in [0.1, 0.15) is 91.0 Å². The molecule has 2 saturated heterocycles. The van der Waals surface area contributed by atoms with Gasteiger partial charge in [0.15, 0.2) is 6.29 Å². The minimum absolute atomic E-state index is 0.0952. The summed E-state index contributed by atoms with van der Waals surface area (Å²) in [6.07, 6.45) is 9.21. The number of hydrogen-bond donors (Lipinski definition) is 2. The highest BCUT2D eigenvalue weighted by Crippen LogP contribution is 2.23. The van der Waals surface area contributed by atoms with E-state index in [2.05, 4.69) is 24.6 Å². The summed E-state index contributed by atoms with van der Waals surface area (Å²) < 4.78 is 5.64. The van der Waals surface area contributed by atoms with Crippen LogP contribution in [0.4, 0.5) is 0 Å². The summed E-state index contributed by atoms with van der Waals surface area (Å²) >= 11 is 0. The number of nitrogens with one attached hydrogen (secondary N) is 2. The van der Waals surface area contributed by atoms with Gasteiger partial charge in [0, 0.05) is 32.4 Å². The van der Waals surface area contributed by atoms with E-state index in [1.165, 1.54) is 5.01 Å². The number of carbonyl (C=O) groups is 3. The van der Waals surface area contributed by atoms with Gasteiger partial charge in [0.25, 0.3) is 5.91 Å². The number of nitrogens with zero attached hydrogens (tertiary/aromatic N) is 2. The van der Waals surface area contributed by atoms with Crippen molar-refractivity contribution < 1.29 is 24.0 Å². The first-order valence-corrected chi connectivity index (χ1v) is 15.9. The normalized spacial score (nSPS) is 18.8. The Bertz CT molecular complexity index is 987. The number of piperidine rings is 1. The van der Waals surface area contributed by atoms with Gasteiger partial charge in [-0.2, -0.15) is 0 Å². The van der Waals surface area contributed by atoms with Crippen molar-refractivity contribution in [3.8, 4) is 0 Å². The topological polar surface area (TPSA) is 100 Å². The number of hydroxylamine groups is 1. The Morgan fingerprint density at radius 1 is 1.02 bits per heavy atom. The maximum absolute atomic E-state index is 14.0. The van der Waals surface area contributed by atoms with Crippen molar-refractivity contribution in [3.05, 3.63) is 42.0 Å². The first-order chi connectivity index (χ1) is 20.2. The molecule has 42 heavy (non-hydrogen) atoms. The van der Waals surface area contributed by atoms with Crippen LogP contribution in [0.2, 0.25) is 0 Å². The van der Waals surface area contributed by atoms with Gasteiger partial charge in [-0.05, 0) is 74.9 Å². The van der Waals surface area contributed by atoms with Crippen LogP contribution >= 0.6 is 0 Å². The van der Waals surface area contributed by atoms with Crippen LogP contribution in [0.25, 0.3) is 6.08 Å². The molecule has 0 radical (unpaired) electrons. The highest BCUT2D eigenvalue weighted by Gasteiger charge is 2.37. The summed E-state index contributed by atoms with van der Waals surface area (Å²) in [6, 6.07) is 8.85. The number of hydrazine groups is 1. The highest BCUT2D eigenvalue weighted by molar-refractivity contribution is 5.89. The molecule has 0 aromatic heterocycles. The summed E-state index contributed by atoms with van der Waals surface area (Å²) in [6.45, 7) is 10.9. The molecular formula is C33H52N4O5. The third-order valence-corrected chi connectivity index (χ3v) is 7.70. The molecule has 2 fully saturated rings. The number of rotatable bonds is 14. The Kier molecular flexibility index (Phi) is 14.5. The van der Waals surface area contributed by atoms with Crippen molar-refractivity contribution in [1.82, 2.24) is 20.8 Å². The average molecular weight is 585 g/mol. The largest absolute Gasteiger partial charge is 0.350 e. The van der Waals surface area contributed by atoms with Gasteiger partial charge in [-0.25, -0.2) is 15.3 Å². The van der Waals surface area contributed by atoms with E-state index in [1.54, 1.807) is 5.01 Å². The Labute approximate surface area is 252 Å². The summed E-state index contributed by atoms with van der Waals surface area (Å²) in [5.41, 5.74) is 3.58. The lowest BCUT2D eigenvalue weighted by molar-refractivity contribution is -0.206. The predicted octanol–water partition coefficient (Wildman–Crippen LogP) is 5.09. The minimum Gasteiger partial charge on any atom is -0.350 e. The predicted molar refractivity (Wildman–Crippen MR) is 164 cm³/mol. The molecule has 0 saturated carbocycles. The summed E-state index contributed by atoms with van der Waals surface area (Å²) in [7, 11) is 0. The first kappa shape index (κ1) is 33.7.